The minimum atomic E-state index is -0.800. The lowest BCUT2D eigenvalue weighted by atomic mass is 10.0. The van der Waals surface area contributed by atoms with Crippen molar-refractivity contribution in [3.05, 3.63) is 72.9 Å². The summed E-state index contributed by atoms with van der Waals surface area (Å²) in [4.78, 5) is 37.9. The average molecular weight is 865 g/mol. The molecule has 1 unspecified atom stereocenters. The van der Waals surface area contributed by atoms with Gasteiger partial charge in [-0.1, -0.05) is 216 Å². The van der Waals surface area contributed by atoms with Gasteiger partial charge < -0.3 is 14.2 Å². The Morgan fingerprint density at radius 3 is 1.08 bits per heavy atom. The molecule has 0 aromatic rings. The van der Waals surface area contributed by atoms with Crippen molar-refractivity contribution in [2.24, 2.45) is 0 Å². The van der Waals surface area contributed by atoms with Gasteiger partial charge in [0, 0.05) is 19.3 Å². The van der Waals surface area contributed by atoms with Crippen LogP contribution in [0.15, 0.2) is 72.9 Å². The number of carbonyl (C=O) groups excluding carboxylic acids is 3. The zero-order valence-corrected chi connectivity index (χ0v) is 40.6. The number of hydrogen-bond donors (Lipinski definition) is 0. The number of rotatable bonds is 46. The molecule has 0 rings (SSSR count). The Hall–Kier alpha value is -3.15. The Morgan fingerprint density at radius 2 is 0.645 bits per heavy atom. The summed E-state index contributed by atoms with van der Waals surface area (Å²) < 4.78 is 16.7. The maximum atomic E-state index is 12.8. The molecule has 0 radical (unpaired) electrons. The minimum absolute atomic E-state index is 0.0985. The van der Waals surface area contributed by atoms with Crippen LogP contribution in [0.2, 0.25) is 0 Å². The van der Waals surface area contributed by atoms with Crippen LogP contribution in [0.4, 0.5) is 0 Å². The van der Waals surface area contributed by atoms with Crippen LogP contribution in [0.5, 0.6) is 0 Å². The second kappa shape index (κ2) is 50.5. The molecule has 0 N–H and O–H groups in total. The van der Waals surface area contributed by atoms with Crippen molar-refractivity contribution in [2.75, 3.05) is 13.2 Å². The van der Waals surface area contributed by atoms with Gasteiger partial charge in [-0.15, -0.1) is 0 Å². The topological polar surface area (TPSA) is 78.9 Å². The third kappa shape index (κ3) is 47.9. The molecule has 1 atom stereocenters. The number of unbranched alkanes of at least 4 members (excludes halogenated alkanes) is 23. The van der Waals surface area contributed by atoms with Gasteiger partial charge in [-0.05, 0) is 83.5 Å². The Balaban J connectivity index is 4.46. The van der Waals surface area contributed by atoms with Gasteiger partial charge in [-0.25, -0.2) is 0 Å². The summed E-state index contributed by atoms with van der Waals surface area (Å²) in [5.41, 5.74) is 0. The van der Waals surface area contributed by atoms with Crippen molar-refractivity contribution >= 4 is 17.9 Å². The first kappa shape index (κ1) is 58.9. The normalized spacial score (nSPS) is 12.6. The largest absolute Gasteiger partial charge is 0.462 e. The lowest BCUT2D eigenvalue weighted by molar-refractivity contribution is -0.167. The van der Waals surface area contributed by atoms with Crippen molar-refractivity contribution in [3.63, 3.8) is 0 Å². The molecule has 0 aromatic carbocycles. The Bertz CT molecular complexity index is 1180. The fraction of sp³-hybridized carbons (Fsp3) is 0.732. The molecule has 0 heterocycles. The average Bonchev–Trinajstić information content (AvgIpc) is 3.27. The van der Waals surface area contributed by atoms with E-state index in [1.165, 1.54) is 103 Å². The van der Waals surface area contributed by atoms with Crippen molar-refractivity contribution in [1.82, 2.24) is 0 Å². The zero-order chi connectivity index (χ0) is 45.1. The minimum Gasteiger partial charge on any atom is -0.462 e. The van der Waals surface area contributed by atoms with Crippen LogP contribution < -0.4 is 0 Å². The molecule has 0 saturated carbocycles. The van der Waals surface area contributed by atoms with E-state index in [1.807, 2.05) is 0 Å². The van der Waals surface area contributed by atoms with Crippen LogP contribution in [0.25, 0.3) is 0 Å². The van der Waals surface area contributed by atoms with E-state index >= 15 is 0 Å². The number of esters is 3. The molecule has 0 bridgehead atoms. The van der Waals surface area contributed by atoms with Crippen molar-refractivity contribution < 1.29 is 28.6 Å². The van der Waals surface area contributed by atoms with Crippen LogP contribution in [0.3, 0.4) is 0 Å². The highest BCUT2D eigenvalue weighted by Crippen LogP contribution is 2.15. The van der Waals surface area contributed by atoms with Gasteiger partial charge in [-0.3, -0.25) is 14.4 Å². The SMILES string of the molecule is CC/C=C\C/C=C\CCCCCCCC(=O)OCC(COC(=O)CCC/C=C\C/C=C\C/C=C\C/C=C\CCCCC)OC(=O)CCCCCCCCCCCCCCCCC. The van der Waals surface area contributed by atoms with Gasteiger partial charge in [0.05, 0.1) is 0 Å². The van der Waals surface area contributed by atoms with E-state index in [9.17, 15) is 14.4 Å². The highest BCUT2D eigenvalue weighted by Gasteiger charge is 2.19. The molecule has 0 aromatic heterocycles. The van der Waals surface area contributed by atoms with E-state index in [4.69, 9.17) is 14.2 Å². The summed E-state index contributed by atoms with van der Waals surface area (Å²) >= 11 is 0. The molecule has 6 nitrogen and oxygen atoms in total. The quantitative estimate of drug-likeness (QED) is 0.0262. The first-order valence-electron chi connectivity index (χ1n) is 25.9. The maximum absolute atomic E-state index is 12.8. The van der Waals surface area contributed by atoms with Crippen molar-refractivity contribution in [3.8, 4) is 0 Å². The van der Waals surface area contributed by atoms with Crippen LogP contribution in [-0.4, -0.2) is 37.2 Å². The van der Waals surface area contributed by atoms with Gasteiger partial charge in [-0.2, -0.15) is 0 Å². The van der Waals surface area contributed by atoms with Gasteiger partial charge in [0.25, 0.3) is 0 Å². The van der Waals surface area contributed by atoms with Crippen molar-refractivity contribution in [2.45, 2.75) is 252 Å². The maximum Gasteiger partial charge on any atom is 0.306 e. The third-order valence-electron chi connectivity index (χ3n) is 10.9. The van der Waals surface area contributed by atoms with Crippen LogP contribution in [0.1, 0.15) is 245 Å². The van der Waals surface area contributed by atoms with Gasteiger partial charge in [0.1, 0.15) is 13.2 Å². The predicted octanol–water partition coefficient (Wildman–Crippen LogP) is 17.0. The van der Waals surface area contributed by atoms with E-state index in [0.29, 0.717) is 19.3 Å². The highest BCUT2D eigenvalue weighted by molar-refractivity contribution is 5.71. The van der Waals surface area contributed by atoms with E-state index in [1.54, 1.807) is 0 Å². The lowest BCUT2D eigenvalue weighted by Gasteiger charge is -2.18. The van der Waals surface area contributed by atoms with Gasteiger partial charge in [0.15, 0.2) is 6.10 Å². The fourth-order valence-electron chi connectivity index (χ4n) is 7.06. The highest BCUT2D eigenvalue weighted by atomic mass is 16.6. The fourth-order valence-corrected chi connectivity index (χ4v) is 7.06. The number of allylic oxidation sites excluding steroid dienone is 12. The van der Waals surface area contributed by atoms with Crippen molar-refractivity contribution in [1.29, 1.82) is 0 Å². The molecule has 0 aliphatic rings. The molecule has 0 amide bonds. The second-order valence-corrected chi connectivity index (χ2v) is 17.1. The van der Waals surface area contributed by atoms with Crippen LogP contribution in [-0.2, 0) is 28.6 Å². The molecule has 62 heavy (non-hydrogen) atoms. The van der Waals surface area contributed by atoms with E-state index in [2.05, 4.69) is 93.7 Å². The molecule has 0 aliphatic heterocycles. The summed E-state index contributed by atoms with van der Waals surface area (Å²) in [6.45, 7) is 6.45. The third-order valence-corrected chi connectivity index (χ3v) is 10.9. The van der Waals surface area contributed by atoms with Crippen LogP contribution in [0, 0.1) is 0 Å². The van der Waals surface area contributed by atoms with Crippen LogP contribution >= 0.6 is 0 Å². The molecule has 0 spiro atoms. The monoisotopic (exact) mass is 865 g/mol. The van der Waals surface area contributed by atoms with E-state index < -0.39 is 6.10 Å². The summed E-state index contributed by atoms with van der Waals surface area (Å²) in [7, 11) is 0. The molecule has 0 aliphatic carbocycles. The van der Waals surface area contributed by atoms with E-state index in [0.717, 1.165) is 96.3 Å². The summed E-state index contributed by atoms with van der Waals surface area (Å²) in [5.74, 6) is -0.967. The lowest BCUT2D eigenvalue weighted by Crippen LogP contribution is -2.30. The summed E-state index contributed by atoms with van der Waals surface area (Å²) in [5, 5.41) is 0. The first-order valence-corrected chi connectivity index (χ1v) is 25.9. The molecule has 356 valence electrons. The second-order valence-electron chi connectivity index (χ2n) is 17.1. The molecule has 0 saturated heterocycles. The molecular weight excluding hydrogens is 769 g/mol. The number of carbonyl (C=O) groups is 3. The summed E-state index contributed by atoms with van der Waals surface area (Å²) in [6, 6.07) is 0. The Morgan fingerprint density at radius 1 is 0.339 bits per heavy atom. The molecule has 6 heteroatoms. The molecule has 0 fully saturated rings. The van der Waals surface area contributed by atoms with Gasteiger partial charge >= 0.3 is 17.9 Å². The predicted molar refractivity (Wildman–Crippen MR) is 265 cm³/mol. The van der Waals surface area contributed by atoms with Gasteiger partial charge in [0.2, 0.25) is 0 Å². The Kier molecular flexibility index (Phi) is 47.9. The number of ether oxygens (including phenoxy) is 3. The smallest absolute Gasteiger partial charge is 0.306 e. The molecular formula is C56H96O6. The standard InChI is InChI=1S/C56H96O6/c1-4-7-10-13-16-19-22-25-27-28-30-31-34-37-40-43-46-49-55(58)61-52-53(51-60-54(57)48-45-42-39-36-33-24-21-18-15-12-9-6-3)62-56(59)50-47-44-41-38-35-32-29-26-23-20-17-14-11-8-5-2/h9,12,16,18-19,21,25,27,30-31,37,40,53H,4-8,10-11,13-15,17,20,22-24,26,28-29,32-36,38-39,41-52H2,1-3H3/b12-9-,19-16-,21-18-,27-25-,31-30-,40-37-. The zero-order valence-electron chi connectivity index (χ0n) is 40.6. The van der Waals surface area contributed by atoms with E-state index in [-0.39, 0.29) is 37.5 Å². The Labute approximate surface area is 382 Å². The number of hydrogen-bond acceptors (Lipinski definition) is 6. The first-order chi connectivity index (χ1) is 30.5. The summed E-state index contributed by atoms with van der Waals surface area (Å²) in [6.07, 6.45) is 63.2.